The number of hydrogen-bond donors (Lipinski definition) is 4. The van der Waals surface area contributed by atoms with Crippen LogP contribution in [0, 0.1) is 80.6 Å². The van der Waals surface area contributed by atoms with Crippen molar-refractivity contribution in [3.63, 3.8) is 0 Å². The summed E-state index contributed by atoms with van der Waals surface area (Å²) in [6.45, 7) is 8.95. The van der Waals surface area contributed by atoms with Gasteiger partial charge in [0.1, 0.15) is 58.0 Å². The number of ether oxygens (including phenoxy) is 1. The minimum atomic E-state index is -3.08. The Morgan fingerprint density at radius 2 is 0.901 bits per heavy atom. The second kappa shape index (κ2) is 30.0. The maximum absolute atomic E-state index is 14.7. The molecule has 19 nitrogen and oxygen atoms in total. The summed E-state index contributed by atoms with van der Waals surface area (Å²) in [5.74, 6) is -5.57. The Morgan fingerprint density at radius 1 is 0.484 bits per heavy atom. The van der Waals surface area contributed by atoms with Gasteiger partial charge >= 0.3 is 33.8 Å². The normalized spacial score (nSPS) is 14.2. The van der Waals surface area contributed by atoms with Crippen molar-refractivity contribution in [3.05, 3.63) is 239 Å². The van der Waals surface area contributed by atoms with Gasteiger partial charge in [0.05, 0.1) is 27.5 Å². The van der Waals surface area contributed by atoms with Gasteiger partial charge in [-0.3, -0.25) is 29.4 Å². The van der Waals surface area contributed by atoms with Crippen molar-refractivity contribution < 1.29 is 88.1 Å². The molecule has 4 saturated heterocycles. The summed E-state index contributed by atoms with van der Waals surface area (Å²) in [5, 5.41) is 57.3. The van der Waals surface area contributed by atoms with Crippen molar-refractivity contribution in [1.29, 1.82) is 0 Å². The number of phenols is 2. The first-order chi connectivity index (χ1) is 43.1. The molecule has 91 heavy (non-hydrogen) atoms. The minimum absolute atomic E-state index is 0.0286. The summed E-state index contributed by atoms with van der Waals surface area (Å²) in [7, 11) is -7.54. The maximum atomic E-state index is 14.7. The molecule has 4 heterocycles. The van der Waals surface area contributed by atoms with Crippen LogP contribution >= 0.6 is 31.3 Å². The minimum Gasteiger partial charge on any atom is -0.508 e. The van der Waals surface area contributed by atoms with E-state index < -0.39 is 72.9 Å². The fraction of sp³-hybridized carbons (Fsp3) is 0.200. The standard InChI is InChI=1S/C23H19F3N3O5P.C13H10F2O.C11H13FN3O4P.C7H8BFO2.C6H4BrFO/c24-16-2-4-18(20(25)12-16)19-5-3-17(13-21(19)26)34-23-11-15(1-6-22(23)29(30)31)14-33-35(32,27-7-8-27)28-9-10-28;1-8-6-9(14)2-4-11(8)12-5-3-10(16)7-13(12)15;12-10-7-9(1-2-11(10)15(16)17)8-19-20(18,13-3-4-13)14-5-6-14;1-5-4-6(9)2-3-7(5)8(10)11;7-5-2-1-4(9)3-6(5)8/h1-6,11-13H,7-10,14H2;2-7,16H,1H3;1-2,7H,3-6,8H2;2-4,10-11H,1H3;1-3,9H. The number of phenolic OH excluding ortho intramolecular Hbond substituents is 2. The lowest BCUT2D eigenvalue weighted by molar-refractivity contribution is -0.387. The predicted octanol–water partition coefficient (Wildman–Crippen LogP) is 13.5. The highest BCUT2D eigenvalue weighted by atomic mass is 79.9. The molecular formula is C60H54BBrF8N6O13P2. The lowest BCUT2D eigenvalue weighted by Crippen LogP contribution is -2.31. The number of rotatable bonds is 17. The number of nitro benzene ring substituents is 2. The van der Waals surface area contributed by atoms with Crippen molar-refractivity contribution in [2.75, 3.05) is 52.4 Å². The van der Waals surface area contributed by atoms with E-state index in [0.29, 0.717) is 75.6 Å². The van der Waals surface area contributed by atoms with E-state index in [4.69, 9.17) is 34.0 Å². The molecule has 31 heteroatoms. The van der Waals surface area contributed by atoms with Gasteiger partial charge in [-0.1, -0.05) is 12.1 Å². The Bertz CT molecular complexity index is 4020. The maximum Gasteiger partial charge on any atom is 0.488 e. The Hall–Kier alpha value is -7.92. The summed E-state index contributed by atoms with van der Waals surface area (Å²) >= 11 is 2.94. The molecule has 0 aliphatic carbocycles. The van der Waals surface area contributed by atoms with E-state index in [1.807, 2.05) is 0 Å². The average Bonchev–Trinajstić information content (AvgIpc) is 1.64. The zero-order valence-electron chi connectivity index (χ0n) is 47.9. The first-order valence-corrected chi connectivity index (χ1v) is 31.1. The SMILES string of the molecule is Cc1cc(F)ccc1-c1ccc(O)cc1F.Cc1cc(F)ccc1B(O)O.O=[N+]([O-])c1ccc(COP(=O)(N2CC2)N2CC2)cc1F.O=[N+]([O-])c1ccc(COP(=O)(N2CC2)N2CC2)cc1Oc1ccc(-c2ccc(F)cc2F)c(F)c1.Oc1ccc(Br)c(F)c1. The highest BCUT2D eigenvalue weighted by Crippen LogP contribution is 2.62. The number of aromatic hydroxyl groups is 2. The molecule has 12 rings (SSSR count). The molecule has 4 aliphatic heterocycles. The van der Waals surface area contributed by atoms with Gasteiger partial charge in [-0.05, 0) is 160 Å². The summed E-state index contributed by atoms with van der Waals surface area (Å²) < 4.78 is 157. The summed E-state index contributed by atoms with van der Waals surface area (Å²) in [6.07, 6.45) is 0. The fourth-order valence-electron chi connectivity index (χ4n) is 8.54. The average molecular weight is 1370 g/mol. The third-order valence-corrected chi connectivity index (χ3v) is 19.6. The number of halogens is 9. The molecule has 478 valence electrons. The van der Waals surface area contributed by atoms with Crippen LogP contribution in [0.1, 0.15) is 22.3 Å². The van der Waals surface area contributed by atoms with Crippen LogP contribution in [0.5, 0.6) is 23.0 Å². The molecule has 0 saturated carbocycles. The lowest BCUT2D eigenvalue weighted by Gasteiger charge is -2.19. The van der Waals surface area contributed by atoms with Gasteiger partial charge in [-0.2, -0.15) is 4.39 Å². The van der Waals surface area contributed by atoms with Gasteiger partial charge < -0.3 is 34.0 Å². The van der Waals surface area contributed by atoms with Crippen LogP contribution in [0.25, 0.3) is 22.3 Å². The van der Waals surface area contributed by atoms with Crippen LogP contribution in [0.15, 0.2) is 150 Å². The predicted molar refractivity (Wildman–Crippen MR) is 324 cm³/mol. The van der Waals surface area contributed by atoms with Crippen molar-refractivity contribution in [2.45, 2.75) is 27.1 Å². The smallest absolute Gasteiger partial charge is 0.488 e. The molecule has 4 N–H and O–H groups in total. The second-order valence-corrected chi connectivity index (χ2v) is 26.0. The van der Waals surface area contributed by atoms with E-state index in [1.165, 1.54) is 97.1 Å². The molecule has 0 spiro atoms. The van der Waals surface area contributed by atoms with Crippen LogP contribution in [0.4, 0.5) is 46.5 Å². The summed E-state index contributed by atoms with van der Waals surface area (Å²) in [4.78, 5) is 20.6. The topological polar surface area (TPSA) is 241 Å². The molecular weight excluding hydrogens is 1320 g/mol. The van der Waals surface area contributed by atoms with E-state index in [9.17, 15) is 64.5 Å². The lowest BCUT2D eigenvalue weighted by atomic mass is 9.77. The van der Waals surface area contributed by atoms with Crippen molar-refractivity contribution >= 4 is 55.2 Å². The number of aryl methyl sites for hydroxylation is 2. The molecule has 0 unspecified atom stereocenters. The second-order valence-electron chi connectivity index (χ2n) is 20.4. The van der Waals surface area contributed by atoms with Crippen LogP contribution in [0.2, 0.25) is 0 Å². The molecule has 0 bridgehead atoms. The number of hydrogen-bond acceptors (Lipinski definition) is 13. The summed E-state index contributed by atoms with van der Waals surface area (Å²) in [6, 6.07) is 29.7. The Balaban J connectivity index is 0.000000161. The first-order valence-electron chi connectivity index (χ1n) is 27.3. The largest absolute Gasteiger partial charge is 0.508 e. The van der Waals surface area contributed by atoms with Crippen LogP contribution in [-0.4, -0.2) is 108 Å². The molecule has 0 amide bonds. The van der Waals surface area contributed by atoms with E-state index in [1.54, 1.807) is 32.5 Å². The van der Waals surface area contributed by atoms with Gasteiger partial charge in [-0.25, -0.2) is 49.4 Å². The van der Waals surface area contributed by atoms with E-state index in [2.05, 4.69) is 15.9 Å². The Labute approximate surface area is 523 Å². The van der Waals surface area contributed by atoms with Crippen LogP contribution in [0.3, 0.4) is 0 Å². The number of benzene rings is 8. The quantitative estimate of drug-likeness (QED) is 0.0165. The highest BCUT2D eigenvalue weighted by molar-refractivity contribution is 9.10. The van der Waals surface area contributed by atoms with Gasteiger partial charge in [0, 0.05) is 105 Å². The third kappa shape index (κ3) is 18.6. The third-order valence-electron chi connectivity index (χ3n) is 13.6. The van der Waals surface area contributed by atoms with E-state index in [0.717, 1.165) is 68.6 Å². The van der Waals surface area contributed by atoms with Crippen LogP contribution in [-0.2, 0) is 31.4 Å². The zero-order valence-corrected chi connectivity index (χ0v) is 51.3. The molecule has 8 aromatic rings. The molecule has 8 aromatic carbocycles. The van der Waals surface area contributed by atoms with Gasteiger partial charge in [0.15, 0.2) is 0 Å². The summed E-state index contributed by atoms with van der Waals surface area (Å²) in [5.41, 5.74) is 2.24. The van der Waals surface area contributed by atoms with Gasteiger partial charge in [-0.15, -0.1) is 0 Å². The number of nitro groups is 2. The zero-order chi connectivity index (χ0) is 66.1. The molecule has 0 aromatic heterocycles. The molecule has 4 fully saturated rings. The van der Waals surface area contributed by atoms with Gasteiger partial charge in [0.2, 0.25) is 11.6 Å². The van der Waals surface area contributed by atoms with Crippen LogP contribution < -0.4 is 10.2 Å². The van der Waals surface area contributed by atoms with E-state index >= 15 is 0 Å². The molecule has 0 radical (unpaired) electrons. The molecule has 0 atom stereocenters. The monoisotopic (exact) mass is 1370 g/mol. The van der Waals surface area contributed by atoms with Crippen molar-refractivity contribution in [1.82, 2.24) is 18.7 Å². The van der Waals surface area contributed by atoms with E-state index in [-0.39, 0.29) is 64.7 Å². The van der Waals surface area contributed by atoms with Crippen molar-refractivity contribution in [2.24, 2.45) is 0 Å². The highest BCUT2D eigenvalue weighted by Gasteiger charge is 2.50. The fourth-order valence-corrected chi connectivity index (χ4v) is 13.2. The Morgan fingerprint density at radius 3 is 1.34 bits per heavy atom. The Kier molecular flexibility index (Phi) is 22.8. The molecule has 4 aliphatic rings. The first kappa shape index (κ1) is 69.0. The number of nitrogens with zero attached hydrogens (tertiary/aromatic N) is 6. The van der Waals surface area contributed by atoms with Crippen molar-refractivity contribution in [3.8, 4) is 45.3 Å². The van der Waals surface area contributed by atoms with Gasteiger partial charge in [0.25, 0.3) is 0 Å².